The van der Waals surface area contributed by atoms with Crippen molar-refractivity contribution in [3.8, 4) is 0 Å². The molecule has 3 nitrogen and oxygen atoms in total. The quantitative estimate of drug-likeness (QED) is 0.279. The van der Waals surface area contributed by atoms with Gasteiger partial charge in [-0.2, -0.15) is 0 Å². The van der Waals surface area contributed by atoms with Crippen LogP contribution in [0.5, 0.6) is 0 Å². The van der Waals surface area contributed by atoms with E-state index in [0.717, 1.165) is 18.7 Å². The molecule has 0 aromatic heterocycles. The van der Waals surface area contributed by atoms with Crippen molar-refractivity contribution >= 4 is 0 Å². The molecule has 0 unspecified atom stereocenters. The van der Waals surface area contributed by atoms with Gasteiger partial charge in [-0.05, 0) is 25.8 Å². The molecule has 22 heavy (non-hydrogen) atoms. The van der Waals surface area contributed by atoms with Crippen LogP contribution in [0.1, 0.15) is 84.0 Å². The summed E-state index contributed by atoms with van der Waals surface area (Å²) < 4.78 is 0. The Kier molecular flexibility index (Phi) is 18.3. The molecule has 0 spiro atoms. The van der Waals surface area contributed by atoms with E-state index in [0.29, 0.717) is 12.8 Å². The molecule has 0 aliphatic carbocycles. The SMILES string of the molecule is CCCCCCCCCCCCNCC=C(CCO)CCO. The van der Waals surface area contributed by atoms with E-state index in [4.69, 9.17) is 10.2 Å². The Bertz CT molecular complexity index is 234. The number of rotatable bonds is 17. The third-order valence-electron chi connectivity index (χ3n) is 4.11. The van der Waals surface area contributed by atoms with Crippen LogP contribution in [0.25, 0.3) is 0 Å². The molecular formula is C19H39NO2. The topological polar surface area (TPSA) is 52.5 Å². The third-order valence-corrected chi connectivity index (χ3v) is 4.11. The van der Waals surface area contributed by atoms with E-state index in [2.05, 4.69) is 18.3 Å². The van der Waals surface area contributed by atoms with E-state index in [-0.39, 0.29) is 13.2 Å². The van der Waals surface area contributed by atoms with Crippen LogP contribution in [0.3, 0.4) is 0 Å². The highest BCUT2D eigenvalue weighted by Gasteiger charge is 1.96. The molecule has 0 aliphatic rings. The smallest absolute Gasteiger partial charge is 0.0468 e. The highest BCUT2D eigenvalue weighted by molar-refractivity contribution is 5.03. The summed E-state index contributed by atoms with van der Waals surface area (Å²) in [4.78, 5) is 0. The van der Waals surface area contributed by atoms with E-state index in [1.807, 2.05) is 0 Å². The van der Waals surface area contributed by atoms with Crippen molar-refractivity contribution in [2.24, 2.45) is 0 Å². The van der Waals surface area contributed by atoms with Crippen LogP contribution < -0.4 is 5.32 Å². The van der Waals surface area contributed by atoms with Crippen LogP contribution in [0.2, 0.25) is 0 Å². The van der Waals surface area contributed by atoms with Crippen molar-refractivity contribution in [3.05, 3.63) is 11.6 Å². The van der Waals surface area contributed by atoms with Gasteiger partial charge in [0.25, 0.3) is 0 Å². The summed E-state index contributed by atoms with van der Waals surface area (Å²) in [5.74, 6) is 0. The summed E-state index contributed by atoms with van der Waals surface area (Å²) in [6, 6.07) is 0. The molecule has 0 radical (unpaired) electrons. The van der Waals surface area contributed by atoms with Gasteiger partial charge in [-0.1, -0.05) is 76.4 Å². The maximum Gasteiger partial charge on any atom is 0.0468 e. The Balaban J connectivity index is 3.27. The predicted molar refractivity (Wildman–Crippen MR) is 96.2 cm³/mol. The molecule has 132 valence electrons. The first-order chi connectivity index (χ1) is 10.8. The first kappa shape index (κ1) is 21.6. The van der Waals surface area contributed by atoms with Gasteiger partial charge >= 0.3 is 0 Å². The highest BCUT2D eigenvalue weighted by Crippen LogP contribution is 2.10. The molecular weight excluding hydrogens is 274 g/mol. The normalized spacial score (nSPS) is 10.9. The van der Waals surface area contributed by atoms with E-state index in [1.54, 1.807) is 0 Å². The van der Waals surface area contributed by atoms with Crippen molar-refractivity contribution in [2.75, 3.05) is 26.3 Å². The molecule has 3 N–H and O–H groups in total. The first-order valence-electron chi connectivity index (χ1n) is 9.45. The lowest BCUT2D eigenvalue weighted by atomic mass is 10.1. The molecule has 0 fully saturated rings. The van der Waals surface area contributed by atoms with Crippen molar-refractivity contribution in [1.29, 1.82) is 0 Å². The fraction of sp³-hybridized carbons (Fsp3) is 0.895. The number of aliphatic hydroxyl groups is 2. The van der Waals surface area contributed by atoms with Crippen LogP contribution in [0, 0.1) is 0 Å². The molecule has 0 aromatic carbocycles. The van der Waals surface area contributed by atoms with Gasteiger partial charge in [0.2, 0.25) is 0 Å². The van der Waals surface area contributed by atoms with Crippen molar-refractivity contribution < 1.29 is 10.2 Å². The molecule has 0 heterocycles. The van der Waals surface area contributed by atoms with Crippen LogP contribution in [-0.2, 0) is 0 Å². The second kappa shape index (κ2) is 18.7. The van der Waals surface area contributed by atoms with Gasteiger partial charge < -0.3 is 15.5 Å². The number of hydrogen-bond acceptors (Lipinski definition) is 3. The summed E-state index contributed by atoms with van der Waals surface area (Å²) in [5, 5.41) is 21.3. The maximum atomic E-state index is 8.92. The van der Waals surface area contributed by atoms with Crippen molar-refractivity contribution in [2.45, 2.75) is 84.0 Å². The Morgan fingerprint density at radius 2 is 1.27 bits per heavy atom. The monoisotopic (exact) mass is 313 g/mol. The van der Waals surface area contributed by atoms with E-state index >= 15 is 0 Å². The predicted octanol–water partition coefficient (Wildman–Crippen LogP) is 4.19. The molecule has 0 saturated carbocycles. The van der Waals surface area contributed by atoms with Gasteiger partial charge in [0.15, 0.2) is 0 Å². The van der Waals surface area contributed by atoms with Gasteiger partial charge in [-0.25, -0.2) is 0 Å². The second-order valence-corrected chi connectivity index (χ2v) is 6.20. The van der Waals surface area contributed by atoms with Gasteiger partial charge in [-0.15, -0.1) is 0 Å². The molecule has 0 atom stereocenters. The second-order valence-electron chi connectivity index (χ2n) is 6.20. The zero-order chi connectivity index (χ0) is 16.3. The number of hydrogen-bond donors (Lipinski definition) is 3. The molecule has 0 aromatic rings. The average Bonchev–Trinajstić information content (AvgIpc) is 2.52. The number of unbranched alkanes of at least 4 members (excludes halogenated alkanes) is 9. The van der Waals surface area contributed by atoms with E-state index < -0.39 is 0 Å². The van der Waals surface area contributed by atoms with E-state index in [9.17, 15) is 0 Å². The van der Waals surface area contributed by atoms with Crippen LogP contribution >= 0.6 is 0 Å². The van der Waals surface area contributed by atoms with Crippen molar-refractivity contribution in [1.82, 2.24) is 5.32 Å². The average molecular weight is 314 g/mol. The lowest BCUT2D eigenvalue weighted by Gasteiger charge is -2.06. The van der Waals surface area contributed by atoms with Crippen LogP contribution in [-0.4, -0.2) is 36.5 Å². The summed E-state index contributed by atoms with van der Waals surface area (Å²) in [6.45, 7) is 4.53. The van der Waals surface area contributed by atoms with Gasteiger partial charge in [0, 0.05) is 19.8 Å². The fourth-order valence-electron chi connectivity index (χ4n) is 2.67. The number of aliphatic hydroxyl groups excluding tert-OH is 2. The van der Waals surface area contributed by atoms with E-state index in [1.165, 1.54) is 64.2 Å². The number of nitrogens with one attached hydrogen (secondary N) is 1. The largest absolute Gasteiger partial charge is 0.396 e. The summed E-state index contributed by atoms with van der Waals surface area (Å²) in [6.07, 6.45) is 17.2. The first-order valence-corrected chi connectivity index (χ1v) is 9.45. The fourth-order valence-corrected chi connectivity index (χ4v) is 2.67. The molecule has 3 heteroatoms. The Labute approximate surface area is 138 Å². The standard InChI is InChI=1S/C19H39NO2/c1-2-3-4-5-6-7-8-9-10-11-15-20-16-12-19(13-17-21)14-18-22/h12,20-22H,2-11,13-18H2,1H3. The summed E-state index contributed by atoms with van der Waals surface area (Å²) in [5.41, 5.74) is 1.15. The highest BCUT2D eigenvalue weighted by atomic mass is 16.3. The molecule has 0 rings (SSSR count). The zero-order valence-corrected chi connectivity index (χ0v) is 14.8. The minimum atomic E-state index is 0.171. The van der Waals surface area contributed by atoms with Gasteiger partial charge in [-0.3, -0.25) is 0 Å². The minimum Gasteiger partial charge on any atom is -0.396 e. The maximum absolute atomic E-state index is 8.92. The zero-order valence-electron chi connectivity index (χ0n) is 14.8. The molecule has 0 aliphatic heterocycles. The lowest BCUT2D eigenvalue weighted by Crippen LogP contribution is -2.15. The Hall–Kier alpha value is -0.380. The van der Waals surface area contributed by atoms with Gasteiger partial charge in [0.1, 0.15) is 0 Å². The molecule has 0 amide bonds. The Morgan fingerprint density at radius 1 is 0.773 bits per heavy atom. The Morgan fingerprint density at radius 3 is 1.77 bits per heavy atom. The molecule has 0 bridgehead atoms. The summed E-state index contributed by atoms with van der Waals surface area (Å²) >= 11 is 0. The summed E-state index contributed by atoms with van der Waals surface area (Å²) in [7, 11) is 0. The lowest BCUT2D eigenvalue weighted by molar-refractivity contribution is 0.280. The molecule has 0 saturated heterocycles. The van der Waals surface area contributed by atoms with Crippen LogP contribution in [0.4, 0.5) is 0 Å². The van der Waals surface area contributed by atoms with Crippen molar-refractivity contribution in [3.63, 3.8) is 0 Å². The van der Waals surface area contributed by atoms with Crippen LogP contribution in [0.15, 0.2) is 11.6 Å². The third kappa shape index (κ3) is 16.0. The van der Waals surface area contributed by atoms with Gasteiger partial charge in [0.05, 0.1) is 0 Å². The minimum absolute atomic E-state index is 0.171.